The van der Waals surface area contributed by atoms with Gasteiger partial charge in [-0.3, -0.25) is 0 Å². The van der Waals surface area contributed by atoms with Crippen molar-refractivity contribution < 1.29 is 8.42 Å². The SMILES string of the molecule is CC1CCCC(CCNS(=O)(=O)CBr)C1. The summed E-state index contributed by atoms with van der Waals surface area (Å²) in [5, 5.41) is 0. The van der Waals surface area contributed by atoms with E-state index in [0.29, 0.717) is 12.5 Å². The van der Waals surface area contributed by atoms with Crippen LogP contribution < -0.4 is 4.72 Å². The van der Waals surface area contributed by atoms with Crippen molar-refractivity contribution in [3.8, 4) is 0 Å². The van der Waals surface area contributed by atoms with Crippen LogP contribution in [0.3, 0.4) is 0 Å². The average molecular weight is 298 g/mol. The minimum absolute atomic E-state index is 0.00106. The first-order chi connectivity index (χ1) is 7.03. The summed E-state index contributed by atoms with van der Waals surface area (Å²) >= 11 is 2.96. The standard InChI is InChI=1S/C10H20BrNO2S/c1-9-3-2-4-10(7-9)5-6-12-15(13,14)8-11/h9-10,12H,2-8H2,1H3. The molecule has 0 amide bonds. The Balaban J connectivity index is 2.20. The summed E-state index contributed by atoms with van der Waals surface area (Å²) in [5.41, 5.74) is 0. The fourth-order valence-corrected chi connectivity index (χ4v) is 3.27. The van der Waals surface area contributed by atoms with Gasteiger partial charge in [0, 0.05) is 6.54 Å². The molecule has 1 fully saturated rings. The topological polar surface area (TPSA) is 46.2 Å². The van der Waals surface area contributed by atoms with Gasteiger partial charge in [-0.25, -0.2) is 13.1 Å². The highest BCUT2D eigenvalue weighted by atomic mass is 79.9. The zero-order chi connectivity index (χ0) is 11.3. The molecular formula is C10H20BrNO2S. The summed E-state index contributed by atoms with van der Waals surface area (Å²) in [5.74, 6) is 1.53. The van der Waals surface area contributed by atoms with Crippen LogP contribution >= 0.6 is 15.9 Å². The normalized spacial score (nSPS) is 27.9. The average Bonchev–Trinajstić information content (AvgIpc) is 2.18. The Morgan fingerprint density at radius 2 is 2.13 bits per heavy atom. The molecule has 2 unspecified atom stereocenters. The number of nitrogens with one attached hydrogen (secondary N) is 1. The van der Waals surface area contributed by atoms with Crippen LogP contribution in [0.5, 0.6) is 0 Å². The summed E-state index contributed by atoms with van der Waals surface area (Å²) in [6, 6.07) is 0. The van der Waals surface area contributed by atoms with E-state index in [2.05, 4.69) is 27.6 Å². The minimum atomic E-state index is -3.07. The molecule has 1 N–H and O–H groups in total. The quantitative estimate of drug-likeness (QED) is 0.793. The van der Waals surface area contributed by atoms with E-state index in [-0.39, 0.29) is 4.66 Å². The molecule has 0 aromatic carbocycles. The highest BCUT2D eigenvalue weighted by Gasteiger charge is 2.19. The summed E-state index contributed by atoms with van der Waals surface area (Å²) < 4.78 is 24.9. The van der Waals surface area contributed by atoms with Gasteiger partial charge in [-0.05, 0) is 24.7 Å². The monoisotopic (exact) mass is 297 g/mol. The van der Waals surface area contributed by atoms with E-state index in [1.807, 2.05) is 0 Å². The number of halogens is 1. The highest BCUT2D eigenvalue weighted by Crippen LogP contribution is 2.30. The molecule has 0 spiro atoms. The third-order valence-corrected chi connectivity index (χ3v) is 5.80. The van der Waals surface area contributed by atoms with Crippen LogP contribution in [-0.4, -0.2) is 19.6 Å². The maximum absolute atomic E-state index is 11.1. The number of sulfonamides is 1. The molecule has 5 heteroatoms. The van der Waals surface area contributed by atoms with Crippen LogP contribution in [0.15, 0.2) is 0 Å². The largest absolute Gasteiger partial charge is 0.221 e. The van der Waals surface area contributed by atoms with Crippen LogP contribution in [0, 0.1) is 11.8 Å². The Labute approximate surface area is 101 Å². The molecule has 0 bridgehead atoms. The molecule has 0 aromatic rings. The van der Waals surface area contributed by atoms with Crippen molar-refractivity contribution in [1.29, 1.82) is 0 Å². The fraction of sp³-hybridized carbons (Fsp3) is 1.00. The molecule has 1 aliphatic carbocycles. The maximum Gasteiger partial charge on any atom is 0.221 e. The van der Waals surface area contributed by atoms with Crippen LogP contribution in [0.25, 0.3) is 0 Å². The van der Waals surface area contributed by atoms with Crippen molar-refractivity contribution in [3.63, 3.8) is 0 Å². The first-order valence-electron chi connectivity index (χ1n) is 5.57. The zero-order valence-corrected chi connectivity index (χ0v) is 11.6. The number of hydrogen-bond acceptors (Lipinski definition) is 2. The lowest BCUT2D eigenvalue weighted by Gasteiger charge is -2.26. The van der Waals surface area contributed by atoms with Crippen LogP contribution in [0.2, 0.25) is 0 Å². The van der Waals surface area contributed by atoms with E-state index in [0.717, 1.165) is 12.3 Å². The van der Waals surface area contributed by atoms with E-state index < -0.39 is 10.0 Å². The molecule has 1 rings (SSSR count). The lowest BCUT2D eigenvalue weighted by molar-refractivity contribution is 0.271. The van der Waals surface area contributed by atoms with E-state index in [4.69, 9.17) is 0 Å². The van der Waals surface area contributed by atoms with Crippen LogP contribution in [0.4, 0.5) is 0 Å². The second-order valence-electron chi connectivity index (χ2n) is 4.54. The Bertz CT molecular complexity index is 279. The minimum Gasteiger partial charge on any atom is -0.214 e. The molecule has 0 radical (unpaired) electrons. The molecule has 2 atom stereocenters. The molecule has 15 heavy (non-hydrogen) atoms. The highest BCUT2D eigenvalue weighted by molar-refractivity contribution is 9.10. The molecule has 0 heterocycles. The molecular weight excluding hydrogens is 278 g/mol. The second-order valence-corrected chi connectivity index (χ2v) is 7.65. The maximum atomic E-state index is 11.1. The molecule has 90 valence electrons. The summed E-state index contributed by atoms with van der Waals surface area (Å²) in [6.45, 7) is 2.88. The van der Waals surface area contributed by atoms with Crippen molar-refractivity contribution >= 4 is 26.0 Å². The lowest BCUT2D eigenvalue weighted by Crippen LogP contribution is -2.27. The van der Waals surface area contributed by atoms with Crippen LogP contribution in [0.1, 0.15) is 39.0 Å². The number of rotatable bonds is 5. The summed E-state index contributed by atoms with van der Waals surface area (Å²) in [6.07, 6.45) is 6.15. The number of alkyl halides is 1. The first kappa shape index (κ1) is 13.5. The second kappa shape index (κ2) is 6.21. The first-order valence-corrected chi connectivity index (χ1v) is 8.34. The van der Waals surface area contributed by atoms with Gasteiger partial charge in [-0.2, -0.15) is 0 Å². The smallest absolute Gasteiger partial charge is 0.214 e. The predicted octanol–water partition coefficient (Wildman–Crippen LogP) is 2.47. The van der Waals surface area contributed by atoms with Crippen molar-refractivity contribution in [2.75, 3.05) is 11.2 Å². The summed E-state index contributed by atoms with van der Waals surface area (Å²) in [4.78, 5) is 0. The van der Waals surface area contributed by atoms with E-state index in [1.54, 1.807) is 0 Å². The van der Waals surface area contributed by atoms with Crippen LogP contribution in [-0.2, 0) is 10.0 Å². The van der Waals surface area contributed by atoms with Gasteiger partial charge in [0.2, 0.25) is 10.0 Å². The predicted molar refractivity (Wildman–Crippen MR) is 66.5 cm³/mol. The van der Waals surface area contributed by atoms with Gasteiger partial charge >= 0.3 is 0 Å². The van der Waals surface area contributed by atoms with E-state index >= 15 is 0 Å². The lowest BCUT2D eigenvalue weighted by atomic mass is 9.81. The molecule has 3 nitrogen and oxygen atoms in total. The Kier molecular flexibility index (Phi) is 5.57. The Hall–Kier alpha value is 0.390. The third kappa shape index (κ3) is 5.31. The van der Waals surface area contributed by atoms with E-state index in [1.165, 1.54) is 25.7 Å². The Morgan fingerprint density at radius 1 is 1.40 bits per heavy atom. The fourth-order valence-electron chi connectivity index (χ4n) is 2.28. The molecule has 0 aliphatic heterocycles. The summed E-state index contributed by atoms with van der Waals surface area (Å²) in [7, 11) is -3.07. The molecule has 1 aliphatic rings. The van der Waals surface area contributed by atoms with Gasteiger partial charge in [-0.1, -0.05) is 42.1 Å². The van der Waals surface area contributed by atoms with Gasteiger partial charge in [0.05, 0.1) is 0 Å². The van der Waals surface area contributed by atoms with E-state index in [9.17, 15) is 8.42 Å². The van der Waals surface area contributed by atoms with Crippen molar-refractivity contribution in [2.45, 2.75) is 39.0 Å². The van der Waals surface area contributed by atoms with Gasteiger partial charge in [0.25, 0.3) is 0 Å². The van der Waals surface area contributed by atoms with Crippen molar-refractivity contribution in [1.82, 2.24) is 4.72 Å². The number of hydrogen-bond donors (Lipinski definition) is 1. The van der Waals surface area contributed by atoms with Crippen molar-refractivity contribution in [2.24, 2.45) is 11.8 Å². The van der Waals surface area contributed by atoms with Gasteiger partial charge in [0.1, 0.15) is 4.66 Å². The van der Waals surface area contributed by atoms with Crippen molar-refractivity contribution in [3.05, 3.63) is 0 Å². The molecule has 1 saturated carbocycles. The van der Waals surface area contributed by atoms with Gasteiger partial charge < -0.3 is 0 Å². The Morgan fingerprint density at radius 3 is 2.73 bits per heavy atom. The zero-order valence-electron chi connectivity index (χ0n) is 9.21. The van der Waals surface area contributed by atoms with Gasteiger partial charge in [0.15, 0.2) is 0 Å². The van der Waals surface area contributed by atoms with Gasteiger partial charge in [-0.15, -0.1) is 0 Å². The molecule has 0 saturated heterocycles. The molecule has 0 aromatic heterocycles. The third-order valence-electron chi connectivity index (χ3n) is 3.06.